The van der Waals surface area contributed by atoms with E-state index in [-0.39, 0.29) is 11.9 Å². The summed E-state index contributed by atoms with van der Waals surface area (Å²) >= 11 is 11.5. The minimum absolute atomic E-state index is 0.227. The van der Waals surface area contributed by atoms with E-state index in [2.05, 4.69) is 10.6 Å². The number of nitrogens with zero attached hydrogens (tertiary/aromatic N) is 1. The molecule has 0 aliphatic heterocycles. The van der Waals surface area contributed by atoms with E-state index in [4.69, 9.17) is 23.8 Å². The summed E-state index contributed by atoms with van der Waals surface area (Å²) in [6, 6.07) is 14.5. The summed E-state index contributed by atoms with van der Waals surface area (Å²) in [6.07, 6.45) is 0. The lowest BCUT2D eigenvalue weighted by atomic mass is 10.1. The molecule has 0 fully saturated rings. The Morgan fingerprint density at radius 2 is 1.83 bits per heavy atom. The highest BCUT2D eigenvalue weighted by Crippen LogP contribution is 2.28. The third-order valence-electron chi connectivity index (χ3n) is 3.71. The zero-order valence-electron chi connectivity index (χ0n) is 13.7. The molecule has 0 aliphatic carbocycles. The van der Waals surface area contributed by atoms with Crippen LogP contribution in [0.1, 0.15) is 17.2 Å². The minimum Gasteiger partial charge on any atom is -0.361 e. The Bertz CT molecular complexity index is 659. The molecule has 128 valence electrons. The van der Waals surface area contributed by atoms with E-state index in [9.17, 15) is 4.39 Å². The van der Waals surface area contributed by atoms with Crippen LogP contribution in [0.5, 0.6) is 0 Å². The first-order valence-electron chi connectivity index (χ1n) is 7.65. The SMILES string of the molecule is CN(C)[C@@H](CNC(=S)NCc1ccccc1)c1c(F)cccc1Cl. The summed E-state index contributed by atoms with van der Waals surface area (Å²) in [5, 5.41) is 7.23. The number of nitrogens with one attached hydrogen (secondary N) is 2. The van der Waals surface area contributed by atoms with Crippen molar-refractivity contribution in [3.63, 3.8) is 0 Å². The van der Waals surface area contributed by atoms with E-state index in [1.165, 1.54) is 6.07 Å². The molecule has 2 N–H and O–H groups in total. The Morgan fingerprint density at radius 3 is 2.46 bits per heavy atom. The smallest absolute Gasteiger partial charge is 0.166 e. The number of hydrogen-bond acceptors (Lipinski definition) is 2. The van der Waals surface area contributed by atoms with Crippen molar-refractivity contribution in [3.05, 3.63) is 70.5 Å². The van der Waals surface area contributed by atoms with Crippen LogP contribution >= 0.6 is 23.8 Å². The quantitative estimate of drug-likeness (QED) is 0.762. The van der Waals surface area contributed by atoms with Gasteiger partial charge in [0.25, 0.3) is 0 Å². The van der Waals surface area contributed by atoms with Gasteiger partial charge in [-0.25, -0.2) is 4.39 Å². The van der Waals surface area contributed by atoms with E-state index < -0.39 is 0 Å². The zero-order chi connectivity index (χ0) is 17.5. The fourth-order valence-corrected chi connectivity index (χ4v) is 2.85. The van der Waals surface area contributed by atoms with Crippen molar-refractivity contribution in [2.45, 2.75) is 12.6 Å². The highest BCUT2D eigenvalue weighted by Gasteiger charge is 2.21. The summed E-state index contributed by atoms with van der Waals surface area (Å²) in [5.74, 6) is -0.314. The van der Waals surface area contributed by atoms with Crippen LogP contribution in [0.2, 0.25) is 5.02 Å². The predicted octanol–water partition coefficient (Wildman–Crippen LogP) is 3.75. The van der Waals surface area contributed by atoms with Crippen molar-refractivity contribution in [2.24, 2.45) is 0 Å². The third kappa shape index (κ3) is 5.16. The van der Waals surface area contributed by atoms with Gasteiger partial charge in [-0.15, -0.1) is 0 Å². The highest BCUT2D eigenvalue weighted by atomic mass is 35.5. The molecular weight excluding hydrogens is 345 g/mol. The second-order valence-corrected chi connectivity index (χ2v) is 6.48. The Balaban J connectivity index is 1.95. The molecule has 2 aromatic carbocycles. The first kappa shape index (κ1) is 18.6. The third-order valence-corrected chi connectivity index (χ3v) is 4.33. The number of likely N-dealkylation sites (N-methyl/N-ethyl adjacent to an activating group) is 1. The second-order valence-electron chi connectivity index (χ2n) is 5.66. The van der Waals surface area contributed by atoms with Gasteiger partial charge in [0.15, 0.2) is 5.11 Å². The predicted molar refractivity (Wildman–Crippen MR) is 102 cm³/mol. The normalized spacial score (nSPS) is 12.0. The van der Waals surface area contributed by atoms with Crippen LogP contribution in [0.4, 0.5) is 4.39 Å². The van der Waals surface area contributed by atoms with Crippen LogP contribution in [0.15, 0.2) is 48.5 Å². The lowest BCUT2D eigenvalue weighted by molar-refractivity contribution is 0.291. The molecule has 0 aromatic heterocycles. The van der Waals surface area contributed by atoms with Gasteiger partial charge in [0.05, 0.1) is 6.04 Å². The molecule has 0 saturated carbocycles. The molecule has 0 bridgehead atoms. The van der Waals surface area contributed by atoms with Crippen LogP contribution in [0.25, 0.3) is 0 Å². The lowest BCUT2D eigenvalue weighted by Crippen LogP contribution is -2.40. The van der Waals surface area contributed by atoms with E-state index in [1.54, 1.807) is 12.1 Å². The molecule has 0 spiro atoms. The van der Waals surface area contributed by atoms with Gasteiger partial charge in [-0.1, -0.05) is 48.0 Å². The second kappa shape index (κ2) is 8.97. The molecule has 6 heteroatoms. The van der Waals surface area contributed by atoms with Crippen LogP contribution in [0, 0.1) is 5.82 Å². The van der Waals surface area contributed by atoms with Crippen LogP contribution in [0.3, 0.4) is 0 Å². The summed E-state index contributed by atoms with van der Waals surface area (Å²) in [5.41, 5.74) is 1.62. The van der Waals surface area contributed by atoms with Crippen molar-refractivity contribution < 1.29 is 4.39 Å². The molecule has 2 aromatic rings. The maximum atomic E-state index is 14.2. The summed E-state index contributed by atoms with van der Waals surface area (Å²) in [4.78, 5) is 1.91. The molecule has 0 radical (unpaired) electrons. The molecule has 2 rings (SSSR count). The fraction of sp³-hybridized carbons (Fsp3) is 0.278. The summed E-state index contributed by atoms with van der Waals surface area (Å²) in [7, 11) is 3.77. The number of thiocarbonyl (C=S) groups is 1. The molecule has 0 aliphatic rings. The first-order valence-corrected chi connectivity index (χ1v) is 8.43. The van der Waals surface area contributed by atoms with Crippen molar-refractivity contribution in [3.8, 4) is 0 Å². The first-order chi connectivity index (χ1) is 11.5. The Kier molecular flexibility index (Phi) is 6.97. The molecule has 0 heterocycles. The zero-order valence-corrected chi connectivity index (χ0v) is 15.3. The monoisotopic (exact) mass is 365 g/mol. The fourth-order valence-electron chi connectivity index (χ4n) is 2.40. The van der Waals surface area contributed by atoms with Crippen molar-refractivity contribution in [2.75, 3.05) is 20.6 Å². The van der Waals surface area contributed by atoms with Gasteiger partial charge in [-0.3, -0.25) is 0 Å². The van der Waals surface area contributed by atoms with Crippen LogP contribution in [-0.2, 0) is 6.54 Å². The van der Waals surface area contributed by atoms with Gasteiger partial charge >= 0.3 is 0 Å². The minimum atomic E-state index is -0.314. The number of halogens is 2. The molecule has 0 unspecified atom stereocenters. The maximum Gasteiger partial charge on any atom is 0.166 e. The number of rotatable bonds is 6. The van der Waals surface area contributed by atoms with E-state index in [1.807, 2.05) is 49.3 Å². The van der Waals surface area contributed by atoms with Crippen LogP contribution in [-0.4, -0.2) is 30.7 Å². The Labute approximate surface area is 152 Å². The maximum absolute atomic E-state index is 14.2. The lowest BCUT2D eigenvalue weighted by Gasteiger charge is -2.27. The van der Waals surface area contributed by atoms with E-state index in [0.717, 1.165) is 5.56 Å². The number of benzene rings is 2. The summed E-state index contributed by atoms with van der Waals surface area (Å²) < 4.78 is 14.2. The largest absolute Gasteiger partial charge is 0.361 e. The molecule has 0 amide bonds. The van der Waals surface area contributed by atoms with Gasteiger partial charge in [0, 0.05) is 23.7 Å². The van der Waals surface area contributed by atoms with Gasteiger partial charge in [-0.2, -0.15) is 0 Å². The summed E-state index contributed by atoms with van der Waals surface area (Å²) in [6.45, 7) is 1.09. The van der Waals surface area contributed by atoms with Gasteiger partial charge < -0.3 is 15.5 Å². The van der Waals surface area contributed by atoms with Gasteiger partial charge in [-0.05, 0) is 44.0 Å². The van der Waals surface area contributed by atoms with Crippen molar-refractivity contribution >= 4 is 28.9 Å². The van der Waals surface area contributed by atoms with E-state index >= 15 is 0 Å². The van der Waals surface area contributed by atoms with Crippen molar-refractivity contribution in [1.82, 2.24) is 15.5 Å². The molecule has 3 nitrogen and oxygen atoms in total. The van der Waals surface area contributed by atoms with Crippen molar-refractivity contribution in [1.29, 1.82) is 0 Å². The van der Waals surface area contributed by atoms with Crippen LogP contribution < -0.4 is 10.6 Å². The highest BCUT2D eigenvalue weighted by molar-refractivity contribution is 7.80. The average Bonchev–Trinajstić information content (AvgIpc) is 2.56. The molecule has 24 heavy (non-hydrogen) atoms. The Morgan fingerprint density at radius 1 is 1.12 bits per heavy atom. The van der Waals surface area contributed by atoms with Gasteiger partial charge in [0.1, 0.15) is 5.82 Å². The molecule has 0 saturated heterocycles. The topological polar surface area (TPSA) is 27.3 Å². The Hall–Kier alpha value is -1.69. The molecular formula is C18H21ClFN3S. The van der Waals surface area contributed by atoms with Gasteiger partial charge in [0.2, 0.25) is 0 Å². The van der Waals surface area contributed by atoms with E-state index in [0.29, 0.717) is 28.8 Å². The molecule has 1 atom stereocenters. The average molecular weight is 366 g/mol. The number of hydrogen-bond donors (Lipinski definition) is 2. The standard InChI is InChI=1S/C18H21ClFN3S/c1-23(2)16(17-14(19)9-6-10-15(17)20)12-22-18(24)21-11-13-7-4-3-5-8-13/h3-10,16H,11-12H2,1-2H3,(H2,21,22,24)/t16-/m0/s1.